The van der Waals surface area contributed by atoms with Crippen LogP contribution in [0.4, 0.5) is 17.6 Å². The maximum absolute atomic E-state index is 13.3. The van der Waals surface area contributed by atoms with Crippen LogP contribution in [-0.4, -0.2) is 38.8 Å². The van der Waals surface area contributed by atoms with E-state index >= 15 is 0 Å². The van der Waals surface area contributed by atoms with E-state index in [1.54, 1.807) is 0 Å². The van der Waals surface area contributed by atoms with E-state index in [0.29, 0.717) is 12.0 Å². The molecule has 3 aliphatic carbocycles. The minimum absolute atomic E-state index is 0. The third-order valence-electron chi connectivity index (χ3n) is 6.05. The van der Waals surface area contributed by atoms with Gasteiger partial charge in [0.15, 0.2) is 5.82 Å². The van der Waals surface area contributed by atoms with Crippen molar-refractivity contribution in [2.45, 2.75) is 56.7 Å². The van der Waals surface area contributed by atoms with Crippen molar-refractivity contribution in [2.24, 2.45) is 10.8 Å². The van der Waals surface area contributed by atoms with Crippen molar-refractivity contribution in [1.82, 2.24) is 19.7 Å². The number of pyridine rings is 1. The zero-order chi connectivity index (χ0) is 23.1. The number of halogens is 4. The van der Waals surface area contributed by atoms with Gasteiger partial charge < -0.3 is 23.4 Å². The first kappa shape index (κ1) is 26.1. The van der Waals surface area contributed by atoms with Gasteiger partial charge in [-0.3, -0.25) is 10.4 Å². The number of hydrogen-bond acceptors (Lipinski definition) is 5. The molecular weight excluding hydrogens is 451 g/mol. The van der Waals surface area contributed by atoms with Gasteiger partial charge >= 0.3 is 35.7 Å². The molecular formula is C22H23F4N4NaO2-2. The van der Waals surface area contributed by atoms with Crippen molar-refractivity contribution < 1.29 is 56.7 Å². The van der Waals surface area contributed by atoms with Gasteiger partial charge in [-0.05, 0) is 25.7 Å². The van der Waals surface area contributed by atoms with Crippen LogP contribution in [0.2, 0.25) is 0 Å². The number of aromatic nitrogens is 4. The van der Waals surface area contributed by atoms with E-state index in [1.165, 1.54) is 19.1 Å². The van der Waals surface area contributed by atoms with Crippen LogP contribution in [0.15, 0.2) is 18.6 Å². The van der Waals surface area contributed by atoms with Crippen molar-refractivity contribution in [3.8, 4) is 5.88 Å². The molecule has 0 spiro atoms. The molecule has 3 aliphatic rings. The second-order valence-corrected chi connectivity index (χ2v) is 9.10. The average molecular weight is 474 g/mol. The normalized spacial score (nSPS) is 20.5. The Hall–Kier alpha value is -1.52. The van der Waals surface area contributed by atoms with Crippen LogP contribution in [0.3, 0.4) is 0 Å². The van der Waals surface area contributed by atoms with E-state index in [-0.39, 0.29) is 53.4 Å². The largest absolute Gasteiger partial charge is 1.00 e. The summed E-state index contributed by atoms with van der Waals surface area (Å²) in [5, 5.41) is 4.51. The first-order chi connectivity index (χ1) is 15.0. The van der Waals surface area contributed by atoms with Gasteiger partial charge in [-0.25, -0.2) is 14.1 Å². The molecule has 2 aromatic heterocycles. The Balaban J connectivity index is 0.000000185. The Morgan fingerprint density at radius 3 is 2.36 bits per heavy atom. The van der Waals surface area contributed by atoms with E-state index in [1.807, 2.05) is 11.0 Å². The molecule has 6 nitrogen and oxygen atoms in total. The number of hydrogen-bond donors (Lipinski definition) is 0. The molecule has 2 heterocycles. The summed E-state index contributed by atoms with van der Waals surface area (Å²) in [7, 11) is 0. The Morgan fingerprint density at radius 1 is 1.21 bits per heavy atom. The molecule has 0 aromatic carbocycles. The molecule has 3 fully saturated rings. The van der Waals surface area contributed by atoms with Crippen LogP contribution in [0.1, 0.15) is 61.9 Å². The fourth-order valence-electron chi connectivity index (χ4n) is 3.57. The molecule has 0 aliphatic heterocycles. The fraction of sp³-hybridized carbons (Fsp3) is 0.545. The average Bonchev–Trinajstić information content (AvgIpc) is 3.64. The minimum Gasteiger partial charge on any atom is -0.476 e. The van der Waals surface area contributed by atoms with Gasteiger partial charge in [0.05, 0.1) is 6.29 Å². The maximum Gasteiger partial charge on any atom is 1.00 e. The zero-order valence-electron chi connectivity index (χ0n) is 18.4. The first-order valence-corrected chi connectivity index (χ1v) is 10.4. The van der Waals surface area contributed by atoms with Crippen LogP contribution in [0.5, 0.6) is 5.88 Å². The molecule has 0 unspecified atom stereocenters. The van der Waals surface area contributed by atoms with Gasteiger partial charge in [0.25, 0.3) is 0 Å². The van der Waals surface area contributed by atoms with Crippen molar-refractivity contribution in [2.75, 3.05) is 6.61 Å². The van der Waals surface area contributed by atoms with E-state index in [4.69, 9.17) is 4.74 Å². The Bertz CT molecular complexity index is 979. The summed E-state index contributed by atoms with van der Waals surface area (Å²) >= 11 is 0. The monoisotopic (exact) mass is 474 g/mol. The molecule has 2 aromatic rings. The van der Waals surface area contributed by atoms with Crippen molar-refractivity contribution in [1.29, 1.82) is 0 Å². The molecule has 0 atom stereocenters. The van der Waals surface area contributed by atoms with Gasteiger partial charge in [-0.1, -0.05) is 19.0 Å². The molecule has 3 saturated carbocycles. The van der Waals surface area contributed by atoms with E-state index in [9.17, 15) is 22.4 Å². The zero-order valence-corrected chi connectivity index (χ0v) is 20.4. The number of nitrogens with zero attached hydrogens (tertiary/aromatic N) is 4. The molecule has 174 valence electrons. The Morgan fingerprint density at radius 2 is 1.88 bits per heavy atom. The smallest absolute Gasteiger partial charge is 0.476 e. The van der Waals surface area contributed by atoms with Crippen molar-refractivity contribution >= 4 is 6.29 Å². The topological polar surface area (TPSA) is 69.9 Å². The molecule has 33 heavy (non-hydrogen) atoms. The third-order valence-corrected chi connectivity index (χ3v) is 6.05. The summed E-state index contributed by atoms with van der Waals surface area (Å²) in [6, 6.07) is 1.30. The van der Waals surface area contributed by atoms with Crippen LogP contribution in [0.25, 0.3) is 0 Å². The van der Waals surface area contributed by atoms with Crippen LogP contribution < -0.4 is 34.3 Å². The van der Waals surface area contributed by atoms with Crippen LogP contribution in [0, 0.1) is 30.5 Å². The second kappa shape index (κ2) is 9.62. The van der Waals surface area contributed by atoms with Gasteiger partial charge in [-0.15, -0.1) is 11.6 Å². The van der Waals surface area contributed by atoms with E-state index in [2.05, 4.69) is 28.9 Å². The molecule has 0 amide bonds. The van der Waals surface area contributed by atoms with Gasteiger partial charge in [0.1, 0.15) is 24.2 Å². The van der Waals surface area contributed by atoms with Crippen molar-refractivity contribution in [3.63, 3.8) is 0 Å². The Labute approximate surface area is 211 Å². The summed E-state index contributed by atoms with van der Waals surface area (Å²) in [6.07, 6.45) is 4.44. The first-order valence-electron chi connectivity index (χ1n) is 10.4. The summed E-state index contributed by atoms with van der Waals surface area (Å²) in [4.78, 5) is 18.0. The SMILES string of the molecule is O=[C-]c1cnc(OCC2(C(F)(F)F)CC2)c(F)c1.[CH2-]C1([CH2-])CC(n2cnc(C3CC3)n2)C1.[Na+]. The minimum atomic E-state index is -4.36. The number of alkyl halides is 3. The molecule has 0 radical (unpaired) electrons. The van der Waals surface area contributed by atoms with Gasteiger partial charge in [-0.2, -0.15) is 18.3 Å². The van der Waals surface area contributed by atoms with Gasteiger partial charge in [0, 0.05) is 12.0 Å². The Kier molecular flexibility index (Phi) is 7.60. The third kappa shape index (κ3) is 6.14. The maximum atomic E-state index is 13.3. The number of rotatable bonds is 6. The quantitative estimate of drug-likeness (QED) is 0.361. The number of ether oxygens (including phenoxy) is 1. The fourth-order valence-corrected chi connectivity index (χ4v) is 3.57. The second-order valence-electron chi connectivity index (χ2n) is 9.10. The molecule has 0 bridgehead atoms. The van der Waals surface area contributed by atoms with Crippen LogP contribution in [-0.2, 0) is 4.79 Å². The van der Waals surface area contributed by atoms with E-state index < -0.39 is 29.9 Å². The predicted octanol–water partition coefficient (Wildman–Crippen LogP) is 1.55. The number of carbonyl (C=O) groups excluding carboxylic acids is 1. The van der Waals surface area contributed by atoms with E-state index in [0.717, 1.165) is 30.9 Å². The summed E-state index contributed by atoms with van der Waals surface area (Å²) in [5.41, 5.74) is -1.98. The predicted molar refractivity (Wildman–Crippen MR) is 106 cm³/mol. The molecule has 11 heteroatoms. The standard InChI is InChI=1S/C11H8F4NO2.C11H15N3.Na/c12-8-3-7(5-17)4-16-9(8)18-6-10(1-2-10)11(13,14)15;1-11(2)5-9(6-11)14-7-12-10(13-14)8-3-4-8;/h3-4H,1-2,6H2;7-9H,1-6H2;/q-1;-2;+1. The molecule has 5 rings (SSSR count). The molecule has 0 N–H and O–H groups in total. The van der Waals surface area contributed by atoms with Gasteiger partial charge in [0.2, 0.25) is 5.88 Å². The molecule has 0 saturated heterocycles. The van der Waals surface area contributed by atoms with Crippen molar-refractivity contribution in [3.05, 3.63) is 49.6 Å². The summed E-state index contributed by atoms with van der Waals surface area (Å²) in [5.74, 6) is 0.176. The summed E-state index contributed by atoms with van der Waals surface area (Å²) in [6.45, 7) is 7.40. The summed E-state index contributed by atoms with van der Waals surface area (Å²) < 4.78 is 57.8. The van der Waals surface area contributed by atoms with Crippen LogP contribution >= 0.6 is 0 Å².